The van der Waals surface area contributed by atoms with Crippen LogP contribution in [0.3, 0.4) is 0 Å². The number of ketones is 1. The van der Waals surface area contributed by atoms with Gasteiger partial charge in [0.15, 0.2) is 17.3 Å². The van der Waals surface area contributed by atoms with Gasteiger partial charge in [0.2, 0.25) is 0 Å². The molecule has 0 spiro atoms. The van der Waals surface area contributed by atoms with Gasteiger partial charge in [0, 0.05) is 12.5 Å². The molecule has 0 unspecified atom stereocenters. The third-order valence-corrected chi connectivity index (χ3v) is 3.48. The summed E-state index contributed by atoms with van der Waals surface area (Å²) in [4.78, 5) is 12.3. The van der Waals surface area contributed by atoms with Gasteiger partial charge in [-0.25, -0.2) is 0 Å². The average molecular weight is 300 g/mol. The molecule has 0 saturated carbocycles. The number of rotatable bonds is 4. The van der Waals surface area contributed by atoms with Crippen LogP contribution in [0.2, 0.25) is 0 Å². The van der Waals surface area contributed by atoms with Gasteiger partial charge in [-0.05, 0) is 29.8 Å². The molecular weight excluding hydrogens is 284 g/mol. The number of hydrogen-bond donors (Lipinski definition) is 1. The first-order chi connectivity index (χ1) is 10.7. The topological polar surface area (TPSA) is 65.0 Å². The molecule has 114 valence electrons. The zero-order chi connectivity index (χ0) is 15.5. The normalized spacial score (nSPS) is 12.8. The summed E-state index contributed by atoms with van der Waals surface area (Å²) in [7, 11) is 1.51. The van der Waals surface area contributed by atoms with Crippen LogP contribution in [-0.2, 0) is 6.42 Å². The van der Waals surface area contributed by atoms with E-state index in [1.165, 1.54) is 13.2 Å². The van der Waals surface area contributed by atoms with Gasteiger partial charge in [0.25, 0.3) is 0 Å². The molecule has 3 rings (SSSR count). The van der Waals surface area contributed by atoms with E-state index < -0.39 is 0 Å². The van der Waals surface area contributed by atoms with E-state index in [4.69, 9.17) is 14.2 Å². The number of Topliss-reactive ketones (excluding diaryl/α,β-unsaturated/α-hetero) is 1. The van der Waals surface area contributed by atoms with Crippen molar-refractivity contribution in [1.82, 2.24) is 0 Å². The fourth-order valence-electron chi connectivity index (χ4n) is 2.35. The molecule has 5 nitrogen and oxygen atoms in total. The summed E-state index contributed by atoms with van der Waals surface area (Å²) >= 11 is 0. The Hall–Kier alpha value is -2.69. The first-order valence-corrected chi connectivity index (χ1v) is 6.96. The van der Waals surface area contributed by atoms with E-state index in [1.54, 1.807) is 24.3 Å². The predicted octanol–water partition coefficient (Wildman–Crippen LogP) is 2.60. The number of phenolic OH excluding ortho intramolecular Hbond substituents is 1. The molecule has 5 heteroatoms. The Balaban J connectivity index is 1.79. The fourth-order valence-corrected chi connectivity index (χ4v) is 2.35. The molecule has 1 N–H and O–H groups in total. The van der Waals surface area contributed by atoms with Gasteiger partial charge in [-0.15, -0.1) is 0 Å². The first kappa shape index (κ1) is 14.3. The maximum Gasteiger partial charge on any atom is 0.170 e. The number of ether oxygens (including phenoxy) is 3. The second kappa shape index (κ2) is 5.97. The largest absolute Gasteiger partial charge is 0.507 e. The zero-order valence-electron chi connectivity index (χ0n) is 12.2. The summed E-state index contributed by atoms with van der Waals surface area (Å²) in [6.45, 7) is 1.04. The van der Waals surface area contributed by atoms with Crippen molar-refractivity contribution in [3.05, 3.63) is 47.5 Å². The highest BCUT2D eigenvalue weighted by molar-refractivity contribution is 6.00. The molecular formula is C17H16O5. The van der Waals surface area contributed by atoms with Crippen LogP contribution in [-0.4, -0.2) is 31.2 Å². The van der Waals surface area contributed by atoms with Crippen molar-refractivity contribution in [3.63, 3.8) is 0 Å². The Morgan fingerprint density at radius 3 is 2.64 bits per heavy atom. The second-order valence-electron chi connectivity index (χ2n) is 4.96. The molecule has 0 aromatic heterocycles. The Morgan fingerprint density at radius 2 is 1.91 bits per heavy atom. The summed E-state index contributed by atoms with van der Waals surface area (Å²) in [5, 5.41) is 9.92. The quantitative estimate of drug-likeness (QED) is 0.879. The number of carbonyl (C=O) groups excluding carboxylic acids is 1. The van der Waals surface area contributed by atoms with E-state index >= 15 is 0 Å². The van der Waals surface area contributed by atoms with Gasteiger partial charge < -0.3 is 19.3 Å². The van der Waals surface area contributed by atoms with E-state index in [-0.39, 0.29) is 23.5 Å². The van der Waals surface area contributed by atoms with E-state index in [9.17, 15) is 9.90 Å². The fraction of sp³-hybridized carbons (Fsp3) is 0.235. The summed E-state index contributed by atoms with van der Waals surface area (Å²) in [6.07, 6.45) is 0.177. The van der Waals surface area contributed by atoms with Crippen molar-refractivity contribution in [1.29, 1.82) is 0 Å². The minimum absolute atomic E-state index is 0.0816. The number of methoxy groups -OCH3 is 1. The smallest absolute Gasteiger partial charge is 0.170 e. The minimum atomic E-state index is -0.170. The van der Waals surface area contributed by atoms with E-state index in [2.05, 4.69) is 0 Å². The molecule has 22 heavy (non-hydrogen) atoms. The van der Waals surface area contributed by atoms with Gasteiger partial charge in [0.05, 0.1) is 12.7 Å². The summed E-state index contributed by atoms with van der Waals surface area (Å²) in [5.41, 5.74) is 1.08. The molecule has 2 aromatic rings. The standard InChI is InChI=1S/C17H16O5/c1-20-12-3-4-13(15(19)10-12)14(18)8-11-2-5-16-17(9-11)22-7-6-21-16/h2-5,9-10,19H,6-8H2,1H3. The Kier molecular flexibility index (Phi) is 3.87. The van der Waals surface area contributed by atoms with Crippen LogP contribution in [0.15, 0.2) is 36.4 Å². The molecule has 0 fully saturated rings. The van der Waals surface area contributed by atoms with Gasteiger partial charge in [0.1, 0.15) is 24.7 Å². The van der Waals surface area contributed by atoms with Crippen LogP contribution in [0.25, 0.3) is 0 Å². The van der Waals surface area contributed by atoms with Crippen LogP contribution in [0.5, 0.6) is 23.0 Å². The molecule has 0 atom stereocenters. The number of hydrogen-bond acceptors (Lipinski definition) is 5. The van der Waals surface area contributed by atoms with Crippen molar-refractivity contribution in [2.45, 2.75) is 6.42 Å². The van der Waals surface area contributed by atoms with Crippen LogP contribution in [0.1, 0.15) is 15.9 Å². The highest BCUT2D eigenvalue weighted by Gasteiger charge is 2.16. The predicted molar refractivity (Wildman–Crippen MR) is 80.1 cm³/mol. The summed E-state index contributed by atoms with van der Waals surface area (Å²) in [6, 6.07) is 10.1. The molecule has 1 aliphatic heterocycles. The number of carbonyl (C=O) groups is 1. The van der Waals surface area contributed by atoms with Crippen LogP contribution >= 0.6 is 0 Å². The Bertz CT molecular complexity index is 708. The van der Waals surface area contributed by atoms with Crippen molar-refractivity contribution in [2.75, 3.05) is 20.3 Å². The minimum Gasteiger partial charge on any atom is -0.507 e. The van der Waals surface area contributed by atoms with Crippen molar-refractivity contribution in [3.8, 4) is 23.0 Å². The molecule has 1 aliphatic rings. The molecule has 0 amide bonds. The monoisotopic (exact) mass is 300 g/mol. The van der Waals surface area contributed by atoms with Crippen molar-refractivity contribution in [2.24, 2.45) is 0 Å². The third-order valence-electron chi connectivity index (χ3n) is 3.48. The van der Waals surface area contributed by atoms with Crippen LogP contribution in [0, 0.1) is 0 Å². The Labute approximate surface area is 128 Å². The van der Waals surface area contributed by atoms with Crippen molar-refractivity contribution < 1.29 is 24.1 Å². The maximum atomic E-state index is 12.3. The van der Waals surface area contributed by atoms with Gasteiger partial charge in [-0.1, -0.05) is 6.07 Å². The number of phenols is 1. The lowest BCUT2D eigenvalue weighted by Gasteiger charge is -2.18. The van der Waals surface area contributed by atoms with E-state index in [1.807, 2.05) is 6.07 Å². The highest BCUT2D eigenvalue weighted by Crippen LogP contribution is 2.31. The second-order valence-corrected chi connectivity index (χ2v) is 4.96. The average Bonchev–Trinajstić information content (AvgIpc) is 2.54. The van der Waals surface area contributed by atoms with Crippen LogP contribution < -0.4 is 14.2 Å². The molecule has 0 bridgehead atoms. The lowest BCUT2D eigenvalue weighted by molar-refractivity contribution is 0.0990. The van der Waals surface area contributed by atoms with Gasteiger partial charge in [-0.3, -0.25) is 4.79 Å². The highest BCUT2D eigenvalue weighted by atomic mass is 16.6. The zero-order valence-corrected chi connectivity index (χ0v) is 12.2. The summed E-state index contributed by atoms with van der Waals surface area (Å²) < 4.78 is 16.0. The SMILES string of the molecule is COc1ccc(C(=O)Cc2ccc3c(c2)OCCO3)c(O)c1. The first-order valence-electron chi connectivity index (χ1n) is 6.96. The molecule has 2 aromatic carbocycles. The maximum absolute atomic E-state index is 12.3. The number of aromatic hydroxyl groups is 1. The van der Waals surface area contributed by atoms with Crippen LogP contribution in [0.4, 0.5) is 0 Å². The lowest BCUT2D eigenvalue weighted by Crippen LogP contribution is -2.15. The van der Waals surface area contributed by atoms with E-state index in [0.717, 1.165) is 5.56 Å². The lowest BCUT2D eigenvalue weighted by atomic mass is 10.0. The number of fused-ring (bicyclic) bond motifs is 1. The van der Waals surface area contributed by atoms with E-state index in [0.29, 0.717) is 30.5 Å². The van der Waals surface area contributed by atoms with Crippen molar-refractivity contribution >= 4 is 5.78 Å². The third kappa shape index (κ3) is 2.83. The molecule has 0 aliphatic carbocycles. The molecule has 0 saturated heterocycles. The van der Waals surface area contributed by atoms with Gasteiger partial charge >= 0.3 is 0 Å². The Morgan fingerprint density at radius 1 is 1.14 bits per heavy atom. The van der Waals surface area contributed by atoms with Gasteiger partial charge in [-0.2, -0.15) is 0 Å². The summed E-state index contributed by atoms with van der Waals surface area (Å²) in [5.74, 6) is 1.59. The number of benzene rings is 2. The molecule has 1 heterocycles. The molecule has 0 radical (unpaired) electrons.